The van der Waals surface area contributed by atoms with E-state index in [0.717, 1.165) is 42.4 Å². The van der Waals surface area contributed by atoms with Crippen LogP contribution in [0.5, 0.6) is 0 Å². The molecule has 5 heteroatoms. The highest BCUT2D eigenvalue weighted by molar-refractivity contribution is 7.11. The minimum Gasteiger partial charge on any atom is -0.343 e. The van der Waals surface area contributed by atoms with Crippen LogP contribution in [-0.2, 0) is 11.2 Å². The molecule has 1 saturated heterocycles. The molecule has 0 unspecified atom stereocenters. The third kappa shape index (κ3) is 2.40. The van der Waals surface area contributed by atoms with Gasteiger partial charge >= 0.3 is 0 Å². The van der Waals surface area contributed by atoms with Crippen LogP contribution in [0.3, 0.4) is 0 Å². The fourth-order valence-corrected chi connectivity index (χ4v) is 2.97. The molecule has 0 aliphatic carbocycles. The first-order valence-corrected chi connectivity index (χ1v) is 6.60. The molecule has 16 heavy (non-hydrogen) atoms. The number of carbonyl (C=O) groups is 1. The molecule has 1 fully saturated rings. The lowest BCUT2D eigenvalue weighted by Gasteiger charge is -2.29. The molecule has 0 bridgehead atoms. The zero-order chi connectivity index (χ0) is 11.5. The number of rotatable bonds is 2. The Morgan fingerprint density at radius 3 is 2.62 bits per heavy atom. The van der Waals surface area contributed by atoms with Crippen molar-refractivity contribution in [2.75, 3.05) is 13.1 Å². The monoisotopic (exact) mass is 239 g/mol. The fourth-order valence-electron chi connectivity index (χ4n) is 2.02. The largest absolute Gasteiger partial charge is 0.343 e. The third-order valence-corrected chi connectivity index (χ3v) is 4.30. The van der Waals surface area contributed by atoms with Crippen LogP contribution in [0.4, 0.5) is 0 Å². The van der Waals surface area contributed by atoms with E-state index in [1.807, 2.05) is 4.90 Å². The predicted octanol–water partition coefficient (Wildman–Crippen LogP) is 1.83. The number of piperidine rings is 1. The molecule has 0 aromatic carbocycles. The SMILES string of the molecule is CCc1nnc(C2CCN(C(C)=O)CC2)s1. The number of aryl methyl sites for hydroxylation is 1. The Kier molecular flexibility index (Phi) is 3.53. The number of hydrogen-bond acceptors (Lipinski definition) is 4. The van der Waals surface area contributed by atoms with Gasteiger partial charge in [-0.05, 0) is 19.3 Å². The summed E-state index contributed by atoms with van der Waals surface area (Å²) in [5, 5.41) is 10.7. The Bertz CT molecular complexity index is 369. The first-order chi connectivity index (χ1) is 7.70. The van der Waals surface area contributed by atoms with Gasteiger partial charge in [-0.1, -0.05) is 6.92 Å². The van der Waals surface area contributed by atoms with Gasteiger partial charge in [-0.25, -0.2) is 0 Å². The molecule has 1 aliphatic rings. The van der Waals surface area contributed by atoms with Crippen molar-refractivity contribution in [1.82, 2.24) is 15.1 Å². The second-order valence-corrected chi connectivity index (χ2v) is 5.26. The summed E-state index contributed by atoms with van der Waals surface area (Å²) in [7, 11) is 0. The Hall–Kier alpha value is -0.970. The molecule has 0 spiro atoms. The second kappa shape index (κ2) is 4.91. The van der Waals surface area contributed by atoms with Crippen molar-refractivity contribution < 1.29 is 4.79 Å². The molecule has 1 aliphatic heterocycles. The molecule has 88 valence electrons. The maximum absolute atomic E-state index is 11.2. The van der Waals surface area contributed by atoms with E-state index in [1.54, 1.807) is 18.3 Å². The molecule has 4 nitrogen and oxygen atoms in total. The number of likely N-dealkylation sites (tertiary alicyclic amines) is 1. The lowest BCUT2D eigenvalue weighted by atomic mass is 9.98. The van der Waals surface area contributed by atoms with Crippen molar-refractivity contribution in [3.8, 4) is 0 Å². The Balaban J connectivity index is 1.96. The predicted molar refractivity (Wildman–Crippen MR) is 63.5 cm³/mol. The summed E-state index contributed by atoms with van der Waals surface area (Å²) in [6.07, 6.45) is 3.01. The highest BCUT2D eigenvalue weighted by atomic mass is 32.1. The summed E-state index contributed by atoms with van der Waals surface area (Å²) >= 11 is 1.72. The number of carbonyl (C=O) groups excluding carboxylic acids is 1. The van der Waals surface area contributed by atoms with Crippen LogP contribution < -0.4 is 0 Å². The summed E-state index contributed by atoms with van der Waals surface area (Å²) in [4.78, 5) is 13.1. The second-order valence-electron chi connectivity index (χ2n) is 4.17. The lowest BCUT2D eigenvalue weighted by Crippen LogP contribution is -2.36. The van der Waals surface area contributed by atoms with Gasteiger partial charge in [-0.3, -0.25) is 4.79 Å². The van der Waals surface area contributed by atoms with E-state index in [4.69, 9.17) is 0 Å². The van der Waals surface area contributed by atoms with Gasteiger partial charge in [0.1, 0.15) is 10.0 Å². The fraction of sp³-hybridized carbons (Fsp3) is 0.727. The van der Waals surface area contributed by atoms with Crippen LogP contribution in [0.1, 0.15) is 42.6 Å². The lowest BCUT2D eigenvalue weighted by molar-refractivity contribution is -0.129. The standard InChI is InChI=1S/C11H17N3OS/c1-3-10-12-13-11(16-10)9-4-6-14(7-5-9)8(2)15/h9H,3-7H2,1-2H3. The van der Waals surface area contributed by atoms with Gasteiger partial charge in [0.2, 0.25) is 5.91 Å². The Morgan fingerprint density at radius 2 is 2.12 bits per heavy atom. The quantitative estimate of drug-likeness (QED) is 0.791. The van der Waals surface area contributed by atoms with Gasteiger partial charge < -0.3 is 4.90 Å². The Labute approximate surface area is 99.7 Å². The van der Waals surface area contributed by atoms with E-state index in [0.29, 0.717) is 5.92 Å². The van der Waals surface area contributed by atoms with Crippen LogP contribution in [0.2, 0.25) is 0 Å². The molecule has 2 rings (SSSR count). The summed E-state index contributed by atoms with van der Waals surface area (Å²) < 4.78 is 0. The average Bonchev–Trinajstić information content (AvgIpc) is 2.77. The first-order valence-electron chi connectivity index (χ1n) is 5.78. The molecule has 0 radical (unpaired) electrons. The van der Waals surface area contributed by atoms with Crippen molar-refractivity contribution in [2.24, 2.45) is 0 Å². The molecule has 0 atom stereocenters. The number of hydrogen-bond donors (Lipinski definition) is 0. The average molecular weight is 239 g/mol. The molecule has 1 aromatic rings. The molecular weight excluding hydrogens is 222 g/mol. The summed E-state index contributed by atoms with van der Waals surface area (Å²) in [5.74, 6) is 0.693. The number of aromatic nitrogens is 2. The van der Waals surface area contributed by atoms with Crippen molar-refractivity contribution in [3.63, 3.8) is 0 Å². The highest BCUT2D eigenvalue weighted by Gasteiger charge is 2.24. The maximum Gasteiger partial charge on any atom is 0.219 e. The van der Waals surface area contributed by atoms with E-state index in [1.165, 1.54) is 0 Å². The zero-order valence-electron chi connectivity index (χ0n) is 9.77. The van der Waals surface area contributed by atoms with E-state index in [2.05, 4.69) is 17.1 Å². The van der Waals surface area contributed by atoms with E-state index in [9.17, 15) is 4.79 Å². The zero-order valence-corrected chi connectivity index (χ0v) is 10.6. The summed E-state index contributed by atoms with van der Waals surface area (Å²) in [6.45, 7) is 5.46. The van der Waals surface area contributed by atoms with Crippen molar-refractivity contribution in [3.05, 3.63) is 10.0 Å². The number of nitrogens with zero attached hydrogens (tertiary/aromatic N) is 3. The summed E-state index contributed by atoms with van der Waals surface area (Å²) in [5.41, 5.74) is 0. The molecule has 0 N–H and O–H groups in total. The number of amides is 1. The van der Waals surface area contributed by atoms with Gasteiger partial charge in [-0.2, -0.15) is 0 Å². The van der Waals surface area contributed by atoms with Crippen molar-refractivity contribution in [2.45, 2.75) is 39.0 Å². The molecule has 1 amide bonds. The van der Waals surface area contributed by atoms with Gasteiger partial charge in [0.25, 0.3) is 0 Å². The van der Waals surface area contributed by atoms with E-state index >= 15 is 0 Å². The van der Waals surface area contributed by atoms with Gasteiger partial charge in [0.15, 0.2) is 0 Å². The molecule has 1 aromatic heterocycles. The highest BCUT2D eigenvalue weighted by Crippen LogP contribution is 2.30. The minimum absolute atomic E-state index is 0.185. The van der Waals surface area contributed by atoms with E-state index < -0.39 is 0 Å². The third-order valence-electron chi connectivity index (χ3n) is 3.07. The van der Waals surface area contributed by atoms with E-state index in [-0.39, 0.29) is 5.91 Å². The summed E-state index contributed by atoms with van der Waals surface area (Å²) in [6, 6.07) is 0. The maximum atomic E-state index is 11.2. The van der Waals surface area contributed by atoms with Crippen LogP contribution in [0, 0.1) is 0 Å². The normalized spacial score (nSPS) is 17.8. The van der Waals surface area contributed by atoms with Crippen LogP contribution in [0.25, 0.3) is 0 Å². The van der Waals surface area contributed by atoms with Crippen LogP contribution in [-0.4, -0.2) is 34.1 Å². The van der Waals surface area contributed by atoms with Crippen molar-refractivity contribution >= 4 is 17.2 Å². The van der Waals surface area contributed by atoms with Crippen LogP contribution >= 0.6 is 11.3 Å². The Morgan fingerprint density at radius 1 is 1.44 bits per heavy atom. The van der Waals surface area contributed by atoms with Crippen LogP contribution in [0.15, 0.2) is 0 Å². The molecule has 0 saturated carbocycles. The molecule has 2 heterocycles. The van der Waals surface area contributed by atoms with Crippen molar-refractivity contribution in [1.29, 1.82) is 0 Å². The topological polar surface area (TPSA) is 46.1 Å². The first kappa shape index (κ1) is 11.5. The minimum atomic E-state index is 0.185. The van der Waals surface area contributed by atoms with Gasteiger partial charge in [0, 0.05) is 25.9 Å². The van der Waals surface area contributed by atoms with Gasteiger partial charge in [0.05, 0.1) is 0 Å². The smallest absolute Gasteiger partial charge is 0.219 e. The van der Waals surface area contributed by atoms with Gasteiger partial charge in [-0.15, -0.1) is 21.5 Å². The molecular formula is C11H17N3OS.